The lowest BCUT2D eigenvalue weighted by Gasteiger charge is -2.14. The van der Waals surface area contributed by atoms with Gasteiger partial charge in [0.05, 0.1) is 6.61 Å². The Morgan fingerprint density at radius 2 is 2.05 bits per heavy atom. The average molecular weight is 260 g/mol. The van der Waals surface area contributed by atoms with E-state index in [4.69, 9.17) is 4.74 Å². The normalized spacial score (nSPS) is 20.9. The molecule has 104 valence electrons. The molecule has 0 amide bonds. The van der Waals surface area contributed by atoms with E-state index in [1.54, 1.807) is 0 Å². The molecule has 1 aliphatic carbocycles. The predicted octanol–water partition coefficient (Wildman–Crippen LogP) is 3.31. The first-order chi connectivity index (χ1) is 9.25. The third-order valence-electron chi connectivity index (χ3n) is 3.51. The molecule has 19 heavy (non-hydrogen) atoms. The quantitative estimate of drug-likeness (QED) is 0.579. The molecule has 2 rings (SSSR count). The van der Waals surface area contributed by atoms with Gasteiger partial charge in [-0.25, -0.2) is 0 Å². The van der Waals surface area contributed by atoms with Crippen molar-refractivity contribution in [2.75, 3.05) is 20.7 Å². The summed E-state index contributed by atoms with van der Waals surface area (Å²) >= 11 is 0. The van der Waals surface area contributed by atoms with Gasteiger partial charge in [-0.15, -0.1) is 0 Å². The Hall–Kier alpha value is -1.35. The zero-order valence-electron chi connectivity index (χ0n) is 12.0. The van der Waals surface area contributed by atoms with Crippen LogP contribution in [-0.2, 0) is 11.3 Å². The van der Waals surface area contributed by atoms with E-state index in [0.29, 0.717) is 12.5 Å². The summed E-state index contributed by atoms with van der Waals surface area (Å²) in [5.41, 5.74) is 2.60. The lowest BCUT2D eigenvalue weighted by Crippen LogP contribution is -2.15. The van der Waals surface area contributed by atoms with Crippen LogP contribution in [0.5, 0.6) is 0 Å². The van der Waals surface area contributed by atoms with Gasteiger partial charge in [0, 0.05) is 32.3 Å². The van der Waals surface area contributed by atoms with Crippen LogP contribution in [0.4, 0.5) is 0 Å². The molecular weight excluding hydrogens is 236 g/mol. The van der Waals surface area contributed by atoms with Crippen molar-refractivity contribution in [1.82, 2.24) is 5.01 Å². The van der Waals surface area contributed by atoms with Crippen molar-refractivity contribution in [2.24, 2.45) is 11.0 Å². The van der Waals surface area contributed by atoms with Crippen molar-refractivity contribution < 1.29 is 4.74 Å². The molecule has 0 bridgehead atoms. The highest BCUT2D eigenvalue weighted by molar-refractivity contribution is 5.88. The molecule has 0 heterocycles. The van der Waals surface area contributed by atoms with E-state index < -0.39 is 0 Å². The van der Waals surface area contributed by atoms with E-state index in [2.05, 4.69) is 29.4 Å². The van der Waals surface area contributed by atoms with Gasteiger partial charge in [0.1, 0.15) is 0 Å². The first-order valence-electron chi connectivity index (χ1n) is 7.12. The topological polar surface area (TPSA) is 24.8 Å². The molecule has 0 aromatic heterocycles. The number of ether oxygens (including phenoxy) is 1. The first-order valence-corrected chi connectivity index (χ1v) is 7.12. The van der Waals surface area contributed by atoms with Crippen LogP contribution in [0.1, 0.15) is 31.2 Å². The zero-order chi connectivity index (χ0) is 13.5. The standard InChI is InChI=1S/C16H24N2O/c1-18(2)17-16-10-6-9-15(16)11-12-19-13-14-7-4-3-5-8-14/h3-5,7-8,15H,6,9-13H2,1-2H3/b17-16-. The van der Waals surface area contributed by atoms with Crippen molar-refractivity contribution in [3.8, 4) is 0 Å². The number of benzene rings is 1. The van der Waals surface area contributed by atoms with E-state index >= 15 is 0 Å². The number of rotatable bonds is 6. The molecule has 1 fully saturated rings. The van der Waals surface area contributed by atoms with Crippen LogP contribution < -0.4 is 0 Å². The molecule has 0 radical (unpaired) electrons. The van der Waals surface area contributed by atoms with Crippen LogP contribution in [0.15, 0.2) is 35.4 Å². The Bertz CT molecular complexity index is 400. The molecule has 3 nitrogen and oxygen atoms in total. The number of hydrogen-bond donors (Lipinski definition) is 0. The van der Waals surface area contributed by atoms with Crippen LogP contribution >= 0.6 is 0 Å². The van der Waals surface area contributed by atoms with Gasteiger partial charge < -0.3 is 9.75 Å². The third-order valence-corrected chi connectivity index (χ3v) is 3.51. The average Bonchev–Trinajstić information content (AvgIpc) is 2.82. The fourth-order valence-corrected chi connectivity index (χ4v) is 2.59. The van der Waals surface area contributed by atoms with Gasteiger partial charge in [-0.1, -0.05) is 30.3 Å². The predicted molar refractivity (Wildman–Crippen MR) is 79.2 cm³/mol. The summed E-state index contributed by atoms with van der Waals surface area (Å²) in [4.78, 5) is 0. The molecule has 1 aliphatic rings. The van der Waals surface area contributed by atoms with Crippen LogP contribution in [0, 0.1) is 5.92 Å². The van der Waals surface area contributed by atoms with E-state index in [0.717, 1.165) is 19.4 Å². The second kappa shape index (κ2) is 7.29. The molecule has 1 unspecified atom stereocenters. The third kappa shape index (κ3) is 4.67. The number of hydrazone groups is 1. The van der Waals surface area contributed by atoms with Gasteiger partial charge in [0.15, 0.2) is 0 Å². The second-order valence-corrected chi connectivity index (χ2v) is 5.35. The Labute approximate surface area is 116 Å². The monoisotopic (exact) mass is 260 g/mol. The highest BCUT2D eigenvalue weighted by Gasteiger charge is 2.22. The zero-order valence-corrected chi connectivity index (χ0v) is 12.0. The van der Waals surface area contributed by atoms with Crippen molar-refractivity contribution in [3.05, 3.63) is 35.9 Å². The molecule has 1 aromatic carbocycles. The second-order valence-electron chi connectivity index (χ2n) is 5.35. The summed E-state index contributed by atoms with van der Waals surface area (Å²) in [6, 6.07) is 10.4. The largest absolute Gasteiger partial charge is 0.377 e. The van der Waals surface area contributed by atoms with E-state index in [-0.39, 0.29) is 0 Å². The van der Waals surface area contributed by atoms with Crippen LogP contribution in [0.3, 0.4) is 0 Å². The summed E-state index contributed by atoms with van der Waals surface area (Å²) in [6.07, 6.45) is 4.79. The number of hydrogen-bond acceptors (Lipinski definition) is 3. The molecule has 3 heteroatoms. The molecule has 1 saturated carbocycles. The summed E-state index contributed by atoms with van der Waals surface area (Å²) in [5.74, 6) is 0.623. The molecular formula is C16H24N2O. The van der Waals surface area contributed by atoms with Crippen molar-refractivity contribution in [1.29, 1.82) is 0 Å². The summed E-state index contributed by atoms with van der Waals surface area (Å²) in [5, 5.41) is 6.50. The van der Waals surface area contributed by atoms with Crippen LogP contribution in [0.2, 0.25) is 0 Å². The van der Waals surface area contributed by atoms with Gasteiger partial charge in [-0.2, -0.15) is 5.10 Å². The van der Waals surface area contributed by atoms with Crippen LogP contribution in [-0.4, -0.2) is 31.4 Å². The van der Waals surface area contributed by atoms with Gasteiger partial charge in [0.2, 0.25) is 0 Å². The maximum absolute atomic E-state index is 5.77. The Balaban J connectivity index is 1.71. The molecule has 0 spiro atoms. The van der Waals surface area contributed by atoms with E-state index in [1.807, 2.05) is 25.2 Å². The number of nitrogens with zero attached hydrogens (tertiary/aromatic N) is 2. The minimum absolute atomic E-state index is 0.623. The fourth-order valence-electron chi connectivity index (χ4n) is 2.59. The summed E-state index contributed by atoms with van der Waals surface area (Å²) in [6.45, 7) is 1.54. The van der Waals surface area contributed by atoms with E-state index in [1.165, 1.54) is 24.1 Å². The molecule has 0 saturated heterocycles. The molecule has 1 atom stereocenters. The minimum atomic E-state index is 0.623. The van der Waals surface area contributed by atoms with Gasteiger partial charge in [-0.05, 0) is 31.2 Å². The molecule has 0 N–H and O–H groups in total. The van der Waals surface area contributed by atoms with Gasteiger partial charge >= 0.3 is 0 Å². The van der Waals surface area contributed by atoms with Crippen LogP contribution in [0.25, 0.3) is 0 Å². The summed E-state index contributed by atoms with van der Waals surface area (Å²) in [7, 11) is 3.99. The molecule has 0 aliphatic heterocycles. The van der Waals surface area contributed by atoms with E-state index in [9.17, 15) is 0 Å². The van der Waals surface area contributed by atoms with Crippen molar-refractivity contribution in [3.63, 3.8) is 0 Å². The maximum Gasteiger partial charge on any atom is 0.0716 e. The Morgan fingerprint density at radius 1 is 1.26 bits per heavy atom. The minimum Gasteiger partial charge on any atom is -0.377 e. The highest BCUT2D eigenvalue weighted by atomic mass is 16.5. The molecule has 1 aromatic rings. The smallest absolute Gasteiger partial charge is 0.0716 e. The van der Waals surface area contributed by atoms with Crippen molar-refractivity contribution >= 4 is 5.71 Å². The lowest BCUT2D eigenvalue weighted by molar-refractivity contribution is 0.113. The fraction of sp³-hybridized carbons (Fsp3) is 0.562. The summed E-state index contributed by atoms with van der Waals surface area (Å²) < 4.78 is 5.77. The SMILES string of the molecule is CN(C)/N=C1/CCCC1CCOCc1ccccc1. The highest BCUT2D eigenvalue weighted by Crippen LogP contribution is 2.26. The first kappa shape index (κ1) is 14.1. The maximum atomic E-state index is 5.77. The van der Waals surface area contributed by atoms with Gasteiger partial charge in [-0.3, -0.25) is 0 Å². The lowest BCUT2D eigenvalue weighted by atomic mass is 10.0. The Kier molecular flexibility index (Phi) is 5.40. The van der Waals surface area contributed by atoms with Crippen molar-refractivity contribution in [2.45, 2.75) is 32.3 Å². The van der Waals surface area contributed by atoms with Gasteiger partial charge in [0.25, 0.3) is 0 Å². The Morgan fingerprint density at radius 3 is 2.79 bits per heavy atom.